The number of nitrogens with one attached hydrogen (secondary N) is 2. The first-order valence-electron chi connectivity index (χ1n) is 10.6. The maximum Gasteiger partial charge on any atom is 0.221 e. The third-order valence-corrected chi connectivity index (χ3v) is 5.89. The Kier molecular flexibility index (Phi) is 5.00. The number of fused-ring (bicyclic) bond motifs is 2. The summed E-state index contributed by atoms with van der Waals surface area (Å²) in [4.78, 5) is 14.0. The number of ether oxygens (including phenoxy) is 1. The van der Waals surface area contributed by atoms with E-state index in [1.165, 1.54) is 6.92 Å². The third kappa shape index (κ3) is 3.59. The van der Waals surface area contributed by atoms with Crippen LogP contribution in [0.1, 0.15) is 19.8 Å². The highest BCUT2D eigenvalue weighted by atomic mass is 16.5. The molecule has 2 heterocycles. The second kappa shape index (κ2) is 7.96. The number of nitrogens with zero attached hydrogens (tertiary/aromatic N) is 1. The highest BCUT2D eigenvalue weighted by Gasteiger charge is 2.32. The number of hydrogen-bond donors (Lipinski definition) is 3. The molecular formula is C25H25N3O3. The molecule has 31 heavy (non-hydrogen) atoms. The first-order chi connectivity index (χ1) is 15.1. The van der Waals surface area contributed by atoms with Crippen molar-refractivity contribution in [2.45, 2.75) is 25.8 Å². The molecule has 158 valence electrons. The molecule has 2 aliphatic rings. The van der Waals surface area contributed by atoms with Gasteiger partial charge in [-0.25, -0.2) is 0 Å². The maximum atomic E-state index is 11.6. The van der Waals surface area contributed by atoms with Gasteiger partial charge in [-0.15, -0.1) is 0 Å². The van der Waals surface area contributed by atoms with Crippen LogP contribution in [-0.4, -0.2) is 30.1 Å². The number of phenols is 1. The van der Waals surface area contributed by atoms with Crippen molar-refractivity contribution >= 4 is 23.0 Å². The summed E-state index contributed by atoms with van der Waals surface area (Å²) in [5, 5.41) is 16.8. The lowest BCUT2D eigenvalue weighted by Gasteiger charge is -2.40. The zero-order chi connectivity index (χ0) is 21.4. The van der Waals surface area contributed by atoms with Gasteiger partial charge in [0.2, 0.25) is 5.91 Å². The molecule has 6 nitrogen and oxygen atoms in total. The Morgan fingerprint density at radius 2 is 1.87 bits per heavy atom. The number of carbonyl (C=O) groups excluding carboxylic acids is 1. The second-order valence-electron chi connectivity index (χ2n) is 7.99. The molecule has 1 saturated heterocycles. The quantitative estimate of drug-likeness (QED) is 0.561. The Labute approximate surface area is 181 Å². The van der Waals surface area contributed by atoms with Gasteiger partial charge in [-0.05, 0) is 61.8 Å². The molecule has 0 bridgehead atoms. The molecule has 3 aromatic carbocycles. The summed E-state index contributed by atoms with van der Waals surface area (Å²) in [6.45, 7) is 3.44. The largest absolute Gasteiger partial charge is 0.504 e. The summed E-state index contributed by atoms with van der Waals surface area (Å²) in [6.07, 6.45) is 2.03. The second-order valence-corrected chi connectivity index (χ2v) is 7.99. The van der Waals surface area contributed by atoms with Crippen molar-refractivity contribution < 1.29 is 14.6 Å². The first kappa shape index (κ1) is 19.5. The average Bonchev–Trinajstić information content (AvgIpc) is 2.78. The van der Waals surface area contributed by atoms with Crippen molar-refractivity contribution in [3.8, 4) is 28.4 Å². The van der Waals surface area contributed by atoms with Gasteiger partial charge in [0.05, 0.1) is 11.4 Å². The minimum Gasteiger partial charge on any atom is -0.504 e. The normalized spacial score (nSPS) is 15.6. The molecule has 0 spiro atoms. The Hall–Kier alpha value is -3.51. The zero-order valence-corrected chi connectivity index (χ0v) is 17.4. The minimum atomic E-state index is -0.113. The number of amides is 1. The number of benzene rings is 3. The fourth-order valence-corrected chi connectivity index (χ4v) is 4.50. The lowest BCUT2D eigenvalue weighted by Crippen LogP contribution is -2.41. The number of phenolic OH excluding ortho intramolecular Hbond substituents is 1. The van der Waals surface area contributed by atoms with Gasteiger partial charge in [-0.2, -0.15) is 0 Å². The van der Waals surface area contributed by atoms with E-state index in [9.17, 15) is 9.90 Å². The molecule has 0 aromatic heterocycles. The van der Waals surface area contributed by atoms with Crippen molar-refractivity contribution in [2.24, 2.45) is 0 Å². The topological polar surface area (TPSA) is 73.8 Å². The van der Waals surface area contributed by atoms with Gasteiger partial charge in [0.1, 0.15) is 0 Å². The van der Waals surface area contributed by atoms with E-state index in [4.69, 9.17) is 4.74 Å². The number of carbonyl (C=O) groups is 1. The SMILES string of the molecule is CC(=O)Nc1ccccc1-c1ccc2c(c1)Oc1c(O)cccc1N2C1CCNCC1. The van der Waals surface area contributed by atoms with Crippen molar-refractivity contribution in [2.75, 3.05) is 23.3 Å². The van der Waals surface area contributed by atoms with Crippen LogP contribution in [0.15, 0.2) is 60.7 Å². The van der Waals surface area contributed by atoms with Gasteiger partial charge in [-0.1, -0.05) is 30.3 Å². The van der Waals surface area contributed by atoms with Crippen LogP contribution in [0.3, 0.4) is 0 Å². The fraction of sp³-hybridized carbons (Fsp3) is 0.240. The number of aromatic hydroxyl groups is 1. The van der Waals surface area contributed by atoms with E-state index in [0.29, 0.717) is 17.5 Å². The lowest BCUT2D eigenvalue weighted by molar-refractivity contribution is -0.114. The summed E-state index contributed by atoms with van der Waals surface area (Å²) in [5.41, 5.74) is 4.49. The van der Waals surface area contributed by atoms with Gasteiger partial charge >= 0.3 is 0 Å². The average molecular weight is 415 g/mol. The molecule has 3 aromatic rings. The molecule has 0 saturated carbocycles. The monoisotopic (exact) mass is 415 g/mol. The van der Waals surface area contributed by atoms with E-state index in [2.05, 4.69) is 27.7 Å². The fourth-order valence-electron chi connectivity index (χ4n) is 4.50. The highest BCUT2D eigenvalue weighted by Crippen LogP contribution is 2.52. The number of anilines is 3. The Morgan fingerprint density at radius 1 is 1.06 bits per heavy atom. The van der Waals surface area contributed by atoms with E-state index in [1.807, 2.05) is 42.5 Å². The highest BCUT2D eigenvalue weighted by molar-refractivity contribution is 5.94. The number of rotatable bonds is 3. The zero-order valence-electron chi connectivity index (χ0n) is 17.4. The number of piperidine rings is 1. The Balaban J connectivity index is 1.61. The third-order valence-electron chi connectivity index (χ3n) is 5.89. The van der Waals surface area contributed by atoms with Crippen LogP contribution in [0.25, 0.3) is 11.1 Å². The molecular weight excluding hydrogens is 390 g/mol. The predicted octanol–water partition coefficient (Wildman–Crippen LogP) is 5.01. The molecule has 1 amide bonds. The number of hydrogen-bond acceptors (Lipinski definition) is 5. The van der Waals surface area contributed by atoms with Crippen molar-refractivity contribution in [3.63, 3.8) is 0 Å². The van der Waals surface area contributed by atoms with Crippen LogP contribution < -0.4 is 20.3 Å². The van der Waals surface area contributed by atoms with Crippen molar-refractivity contribution in [1.82, 2.24) is 5.32 Å². The first-order valence-corrected chi connectivity index (χ1v) is 10.6. The Bertz CT molecular complexity index is 1140. The molecule has 0 atom stereocenters. The molecule has 1 fully saturated rings. The van der Waals surface area contributed by atoms with Crippen LogP contribution in [0.2, 0.25) is 0 Å². The van der Waals surface area contributed by atoms with Gasteiger partial charge in [0.15, 0.2) is 17.2 Å². The van der Waals surface area contributed by atoms with E-state index >= 15 is 0 Å². The summed E-state index contributed by atoms with van der Waals surface area (Å²) in [6, 6.07) is 19.7. The van der Waals surface area contributed by atoms with Crippen LogP contribution in [0.5, 0.6) is 17.2 Å². The van der Waals surface area contributed by atoms with Crippen LogP contribution >= 0.6 is 0 Å². The molecule has 3 N–H and O–H groups in total. The van der Waals surface area contributed by atoms with Crippen molar-refractivity contribution in [3.05, 3.63) is 60.7 Å². The number of para-hydroxylation sites is 2. The summed E-state index contributed by atoms with van der Waals surface area (Å²) in [7, 11) is 0. The van der Waals surface area contributed by atoms with E-state index in [-0.39, 0.29) is 11.7 Å². The van der Waals surface area contributed by atoms with Crippen LogP contribution in [0.4, 0.5) is 17.1 Å². The van der Waals surface area contributed by atoms with Gasteiger partial charge in [0.25, 0.3) is 0 Å². The lowest BCUT2D eigenvalue weighted by atomic mass is 9.98. The van der Waals surface area contributed by atoms with E-state index < -0.39 is 0 Å². The molecule has 0 radical (unpaired) electrons. The maximum absolute atomic E-state index is 11.6. The molecule has 0 aliphatic carbocycles. The van der Waals surface area contributed by atoms with E-state index in [0.717, 1.165) is 54.1 Å². The molecule has 0 unspecified atom stereocenters. The molecule has 6 heteroatoms. The standard InChI is InChI=1S/C25H25N3O3/c1-16(29)27-20-6-3-2-5-19(20)17-9-10-21-24(15-17)31-25-22(7-4-8-23(25)30)28(21)18-11-13-26-14-12-18/h2-10,15,18,26,30H,11-14H2,1H3,(H,27,29). The summed E-state index contributed by atoms with van der Waals surface area (Å²) in [5.74, 6) is 1.20. The minimum absolute atomic E-state index is 0.113. The molecule has 5 rings (SSSR count). The van der Waals surface area contributed by atoms with Gasteiger partial charge in [0, 0.05) is 24.2 Å². The van der Waals surface area contributed by atoms with Crippen LogP contribution in [0, 0.1) is 0 Å². The summed E-state index contributed by atoms with van der Waals surface area (Å²) >= 11 is 0. The Morgan fingerprint density at radius 3 is 2.68 bits per heavy atom. The predicted molar refractivity (Wildman–Crippen MR) is 122 cm³/mol. The van der Waals surface area contributed by atoms with Crippen LogP contribution in [-0.2, 0) is 4.79 Å². The van der Waals surface area contributed by atoms with Gasteiger partial charge < -0.3 is 25.4 Å². The summed E-state index contributed by atoms with van der Waals surface area (Å²) < 4.78 is 6.22. The van der Waals surface area contributed by atoms with Crippen molar-refractivity contribution in [1.29, 1.82) is 0 Å². The smallest absolute Gasteiger partial charge is 0.221 e. The van der Waals surface area contributed by atoms with Gasteiger partial charge in [-0.3, -0.25) is 4.79 Å². The molecule has 2 aliphatic heterocycles. The van der Waals surface area contributed by atoms with E-state index in [1.54, 1.807) is 6.07 Å².